The summed E-state index contributed by atoms with van der Waals surface area (Å²) in [6, 6.07) is 8.97. The largest absolute Gasteiger partial charge is 0.480 e. The number of aryl methyl sites for hydroxylation is 1. The van der Waals surface area contributed by atoms with Crippen molar-refractivity contribution in [3.8, 4) is 0 Å². The van der Waals surface area contributed by atoms with Crippen molar-refractivity contribution in [1.82, 2.24) is 14.7 Å². The number of piperidine rings is 1. The number of carbonyl (C=O) groups is 2. The molecule has 1 fully saturated rings. The Labute approximate surface area is 168 Å². The van der Waals surface area contributed by atoms with E-state index in [1.807, 2.05) is 23.8 Å². The van der Waals surface area contributed by atoms with Crippen molar-refractivity contribution >= 4 is 11.9 Å². The molecule has 1 amide bonds. The van der Waals surface area contributed by atoms with Gasteiger partial charge in [0, 0.05) is 26.2 Å². The molecule has 1 aliphatic heterocycles. The first-order valence-electron chi connectivity index (χ1n) is 10.5. The third-order valence-electron chi connectivity index (χ3n) is 6.38. The van der Waals surface area contributed by atoms with Gasteiger partial charge in [-0.15, -0.1) is 0 Å². The van der Waals surface area contributed by atoms with Gasteiger partial charge in [0.2, 0.25) is 5.91 Å². The Hall–Kier alpha value is -1.92. The SMILES string of the molecule is CCN(CC(=O)O)C1CCN(CC(=O)N(C)C2CCCc3ccccc32)CC1. The minimum atomic E-state index is -0.770. The molecular formula is C22H33N3O3. The van der Waals surface area contributed by atoms with Crippen LogP contribution in [0.15, 0.2) is 24.3 Å². The summed E-state index contributed by atoms with van der Waals surface area (Å²) in [7, 11) is 1.94. The van der Waals surface area contributed by atoms with Gasteiger partial charge in [0.25, 0.3) is 0 Å². The highest BCUT2D eigenvalue weighted by molar-refractivity contribution is 5.78. The minimum absolute atomic E-state index is 0.101. The number of aliphatic carboxylic acids is 1. The normalized spacial score (nSPS) is 20.8. The first-order chi connectivity index (χ1) is 13.5. The molecule has 0 saturated carbocycles. The Bertz CT molecular complexity index is 685. The van der Waals surface area contributed by atoms with E-state index >= 15 is 0 Å². The van der Waals surface area contributed by atoms with Crippen molar-refractivity contribution in [3.63, 3.8) is 0 Å². The number of hydrogen-bond donors (Lipinski definition) is 1. The molecule has 0 bridgehead atoms. The molecule has 0 aromatic heterocycles. The number of nitrogens with zero attached hydrogens (tertiary/aromatic N) is 3. The molecule has 1 aliphatic carbocycles. The van der Waals surface area contributed by atoms with E-state index in [0.29, 0.717) is 12.6 Å². The lowest BCUT2D eigenvalue weighted by molar-refractivity contribution is -0.139. The van der Waals surface area contributed by atoms with E-state index in [1.54, 1.807) is 0 Å². The number of fused-ring (bicyclic) bond motifs is 1. The number of rotatable bonds is 7. The Morgan fingerprint density at radius 3 is 2.57 bits per heavy atom. The lowest BCUT2D eigenvalue weighted by Crippen LogP contribution is -2.49. The van der Waals surface area contributed by atoms with Crippen molar-refractivity contribution in [2.45, 2.75) is 51.1 Å². The highest BCUT2D eigenvalue weighted by atomic mass is 16.4. The average Bonchev–Trinajstić information content (AvgIpc) is 2.71. The van der Waals surface area contributed by atoms with Gasteiger partial charge in [-0.3, -0.25) is 19.4 Å². The van der Waals surface area contributed by atoms with Crippen molar-refractivity contribution < 1.29 is 14.7 Å². The highest BCUT2D eigenvalue weighted by Gasteiger charge is 2.29. The fraction of sp³-hybridized carbons (Fsp3) is 0.636. The number of benzene rings is 1. The maximum Gasteiger partial charge on any atom is 0.317 e. The second-order valence-electron chi connectivity index (χ2n) is 8.08. The fourth-order valence-electron chi connectivity index (χ4n) is 4.72. The van der Waals surface area contributed by atoms with Gasteiger partial charge >= 0.3 is 5.97 Å². The predicted octanol–water partition coefficient (Wildman–Crippen LogP) is 2.39. The van der Waals surface area contributed by atoms with E-state index in [-0.39, 0.29) is 18.5 Å². The van der Waals surface area contributed by atoms with Crippen LogP contribution in [0.5, 0.6) is 0 Å². The average molecular weight is 388 g/mol. The fourth-order valence-corrected chi connectivity index (χ4v) is 4.72. The van der Waals surface area contributed by atoms with Crippen LogP contribution < -0.4 is 0 Å². The summed E-state index contributed by atoms with van der Waals surface area (Å²) in [5.41, 5.74) is 2.67. The van der Waals surface area contributed by atoms with Crippen LogP contribution in [-0.4, -0.2) is 77.5 Å². The van der Waals surface area contributed by atoms with E-state index in [0.717, 1.165) is 51.7 Å². The van der Waals surface area contributed by atoms with Crippen LogP contribution in [0.1, 0.15) is 49.8 Å². The second-order valence-corrected chi connectivity index (χ2v) is 8.08. The van der Waals surface area contributed by atoms with Gasteiger partial charge in [-0.25, -0.2) is 0 Å². The van der Waals surface area contributed by atoms with Crippen LogP contribution in [0.4, 0.5) is 0 Å². The third-order valence-corrected chi connectivity index (χ3v) is 6.38. The van der Waals surface area contributed by atoms with Crippen molar-refractivity contribution in [2.75, 3.05) is 39.8 Å². The van der Waals surface area contributed by atoms with Gasteiger partial charge in [-0.2, -0.15) is 0 Å². The van der Waals surface area contributed by atoms with Crippen LogP contribution in [0, 0.1) is 0 Å². The molecule has 1 N–H and O–H groups in total. The zero-order valence-corrected chi connectivity index (χ0v) is 17.1. The Morgan fingerprint density at radius 1 is 1.18 bits per heavy atom. The van der Waals surface area contributed by atoms with Crippen molar-refractivity contribution in [1.29, 1.82) is 0 Å². The molecule has 6 heteroatoms. The molecule has 2 aliphatic rings. The monoisotopic (exact) mass is 387 g/mol. The molecular weight excluding hydrogens is 354 g/mol. The summed E-state index contributed by atoms with van der Waals surface area (Å²) >= 11 is 0. The van der Waals surface area contributed by atoms with Crippen LogP contribution in [0.25, 0.3) is 0 Å². The van der Waals surface area contributed by atoms with Crippen LogP contribution >= 0.6 is 0 Å². The summed E-state index contributed by atoms with van der Waals surface area (Å²) in [6.45, 7) is 5.01. The molecule has 1 atom stereocenters. The molecule has 28 heavy (non-hydrogen) atoms. The topological polar surface area (TPSA) is 64.1 Å². The van der Waals surface area contributed by atoms with Gasteiger partial charge in [-0.05, 0) is 49.8 Å². The number of carboxylic acids is 1. The molecule has 1 heterocycles. The Balaban J connectivity index is 1.53. The molecule has 0 spiro atoms. The molecule has 1 unspecified atom stereocenters. The first-order valence-corrected chi connectivity index (χ1v) is 10.5. The minimum Gasteiger partial charge on any atom is -0.480 e. The van der Waals surface area contributed by atoms with E-state index in [4.69, 9.17) is 5.11 Å². The number of amides is 1. The number of likely N-dealkylation sites (N-methyl/N-ethyl adjacent to an activating group) is 2. The molecule has 1 saturated heterocycles. The third kappa shape index (κ3) is 4.92. The lowest BCUT2D eigenvalue weighted by Gasteiger charge is -2.39. The molecule has 6 nitrogen and oxygen atoms in total. The van der Waals surface area contributed by atoms with E-state index < -0.39 is 5.97 Å². The summed E-state index contributed by atoms with van der Waals surface area (Å²) in [4.78, 5) is 30.2. The molecule has 1 aromatic carbocycles. The Kier molecular flexibility index (Phi) is 7.08. The highest BCUT2D eigenvalue weighted by Crippen LogP contribution is 2.33. The maximum absolute atomic E-state index is 12.9. The number of hydrogen-bond acceptors (Lipinski definition) is 4. The molecule has 1 aromatic rings. The summed E-state index contributed by atoms with van der Waals surface area (Å²) < 4.78 is 0. The van der Waals surface area contributed by atoms with Gasteiger partial charge < -0.3 is 10.0 Å². The quantitative estimate of drug-likeness (QED) is 0.778. The van der Waals surface area contributed by atoms with Crippen molar-refractivity contribution in [3.05, 3.63) is 35.4 Å². The molecule has 0 radical (unpaired) electrons. The summed E-state index contributed by atoms with van der Waals surface area (Å²) in [5, 5.41) is 9.07. The summed E-state index contributed by atoms with van der Waals surface area (Å²) in [6.07, 6.45) is 5.10. The van der Waals surface area contributed by atoms with E-state index in [9.17, 15) is 9.59 Å². The zero-order valence-electron chi connectivity index (χ0n) is 17.1. The van der Waals surface area contributed by atoms with Gasteiger partial charge in [0.1, 0.15) is 0 Å². The zero-order chi connectivity index (χ0) is 20.1. The summed E-state index contributed by atoms with van der Waals surface area (Å²) in [5.74, 6) is -0.591. The van der Waals surface area contributed by atoms with Gasteiger partial charge in [-0.1, -0.05) is 31.2 Å². The lowest BCUT2D eigenvalue weighted by atomic mass is 9.87. The van der Waals surface area contributed by atoms with Crippen LogP contribution in [0.2, 0.25) is 0 Å². The van der Waals surface area contributed by atoms with Crippen LogP contribution in [-0.2, 0) is 16.0 Å². The molecule has 3 rings (SSSR count). The van der Waals surface area contributed by atoms with Crippen LogP contribution in [0.3, 0.4) is 0 Å². The number of carbonyl (C=O) groups excluding carboxylic acids is 1. The Morgan fingerprint density at radius 2 is 1.89 bits per heavy atom. The predicted molar refractivity (Wildman–Crippen MR) is 109 cm³/mol. The first kappa shape index (κ1) is 20.8. The van der Waals surface area contributed by atoms with Gasteiger partial charge in [0.05, 0.1) is 19.1 Å². The second kappa shape index (κ2) is 9.52. The standard InChI is InChI=1S/C22H33N3O3/c1-3-25(16-22(27)28)18-11-13-24(14-12-18)15-21(26)23(2)20-10-6-8-17-7-4-5-9-19(17)20/h4-5,7,9,18,20H,3,6,8,10-16H2,1-2H3,(H,27,28). The van der Waals surface area contributed by atoms with E-state index in [1.165, 1.54) is 11.1 Å². The number of carboxylic acid groups (broad SMARTS) is 1. The number of likely N-dealkylation sites (tertiary alicyclic amines) is 1. The maximum atomic E-state index is 12.9. The smallest absolute Gasteiger partial charge is 0.317 e. The van der Waals surface area contributed by atoms with Gasteiger partial charge in [0.15, 0.2) is 0 Å². The molecule has 154 valence electrons. The van der Waals surface area contributed by atoms with Crippen molar-refractivity contribution in [2.24, 2.45) is 0 Å². The van der Waals surface area contributed by atoms with E-state index in [2.05, 4.69) is 29.2 Å².